The number of hydrogen-bond acceptors (Lipinski definition) is 3. The van der Waals surface area contributed by atoms with Crippen molar-refractivity contribution in [3.8, 4) is 0 Å². The Morgan fingerprint density at radius 2 is 2.29 bits per heavy atom. The van der Waals surface area contributed by atoms with Crippen molar-refractivity contribution in [3.05, 3.63) is 0 Å². The van der Waals surface area contributed by atoms with Crippen LogP contribution in [0.15, 0.2) is 0 Å². The smallest absolute Gasteiger partial charge is 0.240 e. The summed E-state index contributed by atoms with van der Waals surface area (Å²) in [5, 5.41) is 3.34. The van der Waals surface area contributed by atoms with Gasteiger partial charge in [0.15, 0.2) is 0 Å². The van der Waals surface area contributed by atoms with E-state index in [1.54, 1.807) is 0 Å². The number of nitrogens with one attached hydrogen (secondary N) is 1. The SMILES string of the molecule is CCCNC1CCN(C(C)CCSCC)C1=O. The topological polar surface area (TPSA) is 32.3 Å². The van der Waals surface area contributed by atoms with Crippen LogP contribution in [0.4, 0.5) is 0 Å². The first-order chi connectivity index (χ1) is 8.20. The van der Waals surface area contributed by atoms with Gasteiger partial charge in [-0.1, -0.05) is 13.8 Å². The third-order valence-corrected chi connectivity index (χ3v) is 4.23. The van der Waals surface area contributed by atoms with E-state index in [2.05, 4.69) is 31.0 Å². The third-order valence-electron chi connectivity index (χ3n) is 3.30. The van der Waals surface area contributed by atoms with Crippen molar-refractivity contribution in [2.45, 2.75) is 52.1 Å². The van der Waals surface area contributed by atoms with Crippen molar-refractivity contribution < 1.29 is 4.79 Å². The minimum absolute atomic E-state index is 0.0798. The van der Waals surface area contributed by atoms with E-state index in [0.29, 0.717) is 11.9 Å². The van der Waals surface area contributed by atoms with Crippen LogP contribution in [0.1, 0.15) is 40.0 Å². The fourth-order valence-electron chi connectivity index (χ4n) is 2.20. The Balaban J connectivity index is 2.32. The fraction of sp³-hybridized carbons (Fsp3) is 0.923. The molecule has 0 aromatic heterocycles. The molecule has 0 saturated carbocycles. The van der Waals surface area contributed by atoms with E-state index < -0.39 is 0 Å². The van der Waals surface area contributed by atoms with Crippen molar-refractivity contribution in [3.63, 3.8) is 0 Å². The van der Waals surface area contributed by atoms with Crippen molar-refractivity contribution in [2.24, 2.45) is 0 Å². The number of carbonyl (C=O) groups is 1. The first-order valence-electron chi connectivity index (χ1n) is 6.82. The average Bonchev–Trinajstić information content (AvgIpc) is 2.68. The number of thioether (sulfide) groups is 1. The molecule has 0 aromatic carbocycles. The average molecular weight is 258 g/mol. The second-order valence-corrected chi connectivity index (χ2v) is 6.06. The van der Waals surface area contributed by atoms with Crippen LogP contribution in [0.2, 0.25) is 0 Å². The maximum Gasteiger partial charge on any atom is 0.240 e. The first-order valence-corrected chi connectivity index (χ1v) is 7.97. The van der Waals surface area contributed by atoms with Crippen LogP contribution in [0.25, 0.3) is 0 Å². The number of likely N-dealkylation sites (tertiary alicyclic amines) is 1. The summed E-state index contributed by atoms with van der Waals surface area (Å²) in [6, 6.07) is 0.478. The zero-order valence-electron chi connectivity index (χ0n) is 11.4. The van der Waals surface area contributed by atoms with E-state index in [0.717, 1.165) is 38.1 Å². The van der Waals surface area contributed by atoms with E-state index in [1.807, 2.05) is 11.8 Å². The van der Waals surface area contributed by atoms with Crippen LogP contribution in [0.3, 0.4) is 0 Å². The Labute approximate surface area is 110 Å². The van der Waals surface area contributed by atoms with Gasteiger partial charge in [-0.3, -0.25) is 4.79 Å². The van der Waals surface area contributed by atoms with Crippen LogP contribution in [-0.4, -0.2) is 47.5 Å². The van der Waals surface area contributed by atoms with E-state index in [-0.39, 0.29) is 6.04 Å². The van der Waals surface area contributed by atoms with Gasteiger partial charge in [0.1, 0.15) is 0 Å². The summed E-state index contributed by atoms with van der Waals surface area (Å²) in [7, 11) is 0. The molecule has 1 rings (SSSR count). The third kappa shape index (κ3) is 4.51. The second kappa shape index (κ2) is 7.98. The van der Waals surface area contributed by atoms with Crippen LogP contribution in [-0.2, 0) is 4.79 Å². The van der Waals surface area contributed by atoms with Gasteiger partial charge in [0, 0.05) is 12.6 Å². The highest BCUT2D eigenvalue weighted by Gasteiger charge is 2.33. The number of rotatable bonds is 8. The molecule has 1 amide bonds. The van der Waals surface area contributed by atoms with Gasteiger partial charge in [0.05, 0.1) is 6.04 Å². The molecular weight excluding hydrogens is 232 g/mol. The molecule has 1 aliphatic heterocycles. The predicted molar refractivity (Wildman–Crippen MR) is 75.5 cm³/mol. The Bertz CT molecular complexity index is 235. The monoisotopic (exact) mass is 258 g/mol. The lowest BCUT2D eigenvalue weighted by atomic mass is 10.2. The Kier molecular flexibility index (Phi) is 6.97. The summed E-state index contributed by atoms with van der Waals surface area (Å²) >= 11 is 1.96. The normalized spacial score (nSPS) is 22.2. The lowest BCUT2D eigenvalue weighted by molar-refractivity contribution is -0.131. The van der Waals surface area contributed by atoms with Crippen LogP contribution in [0, 0.1) is 0 Å². The van der Waals surface area contributed by atoms with Crippen molar-refractivity contribution >= 4 is 17.7 Å². The van der Waals surface area contributed by atoms with Crippen molar-refractivity contribution in [1.82, 2.24) is 10.2 Å². The molecule has 0 aromatic rings. The highest BCUT2D eigenvalue weighted by Crippen LogP contribution is 2.18. The number of hydrogen-bond donors (Lipinski definition) is 1. The molecule has 100 valence electrons. The van der Waals surface area contributed by atoms with Gasteiger partial charge in [-0.05, 0) is 44.2 Å². The molecule has 0 aliphatic carbocycles. The van der Waals surface area contributed by atoms with Gasteiger partial charge in [-0.25, -0.2) is 0 Å². The van der Waals surface area contributed by atoms with Crippen molar-refractivity contribution in [2.75, 3.05) is 24.6 Å². The van der Waals surface area contributed by atoms with Gasteiger partial charge in [-0.2, -0.15) is 11.8 Å². The predicted octanol–water partition coefficient (Wildman–Crippen LogP) is 2.12. The molecular formula is C13H26N2OS. The van der Waals surface area contributed by atoms with E-state index in [1.165, 1.54) is 5.75 Å². The molecule has 2 atom stereocenters. The molecule has 1 aliphatic rings. The lowest BCUT2D eigenvalue weighted by Crippen LogP contribution is -2.42. The van der Waals surface area contributed by atoms with Gasteiger partial charge in [0.25, 0.3) is 0 Å². The Morgan fingerprint density at radius 1 is 1.53 bits per heavy atom. The molecule has 3 nitrogen and oxygen atoms in total. The molecule has 4 heteroatoms. The molecule has 1 heterocycles. The fourth-order valence-corrected chi connectivity index (χ4v) is 3.00. The standard InChI is InChI=1S/C13H26N2OS/c1-4-8-14-12-6-9-15(13(12)16)11(3)7-10-17-5-2/h11-12,14H,4-10H2,1-3H3. The van der Waals surface area contributed by atoms with Gasteiger partial charge in [0.2, 0.25) is 5.91 Å². The van der Waals surface area contributed by atoms with E-state index >= 15 is 0 Å². The molecule has 1 saturated heterocycles. The number of amides is 1. The van der Waals surface area contributed by atoms with Crippen molar-refractivity contribution in [1.29, 1.82) is 0 Å². The van der Waals surface area contributed by atoms with Crippen LogP contribution in [0.5, 0.6) is 0 Å². The molecule has 0 radical (unpaired) electrons. The summed E-state index contributed by atoms with van der Waals surface area (Å²) in [5.41, 5.74) is 0. The minimum Gasteiger partial charge on any atom is -0.339 e. The summed E-state index contributed by atoms with van der Waals surface area (Å²) in [6.07, 6.45) is 3.18. The minimum atomic E-state index is 0.0798. The van der Waals surface area contributed by atoms with Gasteiger partial charge >= 0.3 is 0 Å². The quantitative estimate of drug-likeness (QED) is 0.677. The van der Waals surface area contributed by atoms with Crippen LogP contribution < -0.4 is 5.32 Å². The van der Waals surface area contributed by atoms with Crippen LogP contribution >= 0.6 is 11.8 Å². The zero-order chi connectivity index (χ0) is 12.7. The van der Waals surface area contributed by atoms with Gasteiger partial charge in [-0.15, -0.1) is 0 Å². The Morgan fingerprint density at radius 3 is 2.94 bits per heavy atom. The number of nitrogens with zero attached hydrogens (tertiary/aromatic N) is 1. The second-order valence-electron chi connectivity index (χ2n) is 4.66. The molecule has 1 fully saturated rings. The molecule has 0 spiro atoms. The maximum absolute atomic E-state index is 12.1. The zero-order valence-corrected chi connectivity index (χ0v) is 12.2. The highest BCUT2D eigenvalue weighted by atomic mass is 32.2. The summed E-state index contributed by atoms with van der Waals surface area (Å²) in [5.74, 6) is 2.64. The first kappa shape index (κ1) is 14.8. The van der Waals surface area contributed by atoms with E-state index in [4.69, 9.17) is 0 Å². The maximum atomic E-state index is 12.1. The molecule has 17 heavy (non-hydrogen) atoms. The molecule has 1 N–H and O–H groups in total. The molecule has 0 bridgehead atoms. The summed E-state index contributed by atoms with van der Waals surface area (Å²) < 4.78 is 0. The Hall–Kier alpha value is -0.220. The number of carbonyl (C=O) groups excluding carboxylic acids is 1. The van der Waals surface area contributed by atoms with Gasteiger partial charge < -0.3 is 10.2 Å². The lowest BCUT2D eigenvalue weighted by Gasteiger charge is -2.24. The van der Waals surface area contributed by atoms with E-state index in [9.17, 15) is 4.79 Å². The summed E-state index contributed by atoms with van der Waals surface area (Å²) in [4.78, 5) is 14.2. The largest absolute Gasteiger partial charge is 0.339 e. The highest BCUT2D eigenvalue weighted by molar-refractivity contribution is 7.99. The summed E-state index contributed by atoms with van der Waals surface area (Å²) in [6.45, 7) is 8.37. The molecule has 2 unspecified atom stereocenters.